The van der Waals surface area contributed by atoms with Crippen molar-refractivity contribution in [2.75, 3.05) is 11.9 Å². The SMILES string of the molecule is O=C(CCCCCN1C(=O)C(=Cc2ccccc2)SC1=S)Nc1ncc(Cc2cccc(C(F)(F)F)c2)s1. The average Bonchev–Trinajstić information content (AvgIpc) is 3.42. The summed E-state index contributed by atoms with van der Waals surface area (Å²) < 4.78 is 39.3. The molecule has 11 heteroatoms. The molecule has 3 aromatic rings. The predicted octanol–water partition coefficient (Wildman–Crippen LogP) is 7.15. The van der Waals surface area contributed by atoms with Crippen molar-refractivity contribution in [1.29, 1.82) is 0 Å². The van der Waals surface area contributed by atoms with Crippen LogP contribution in [0, 0.1) is 0 Å². The molecule has 1 saturated heterocycles. The number of hydrogen-bond acceptors (Lipinski definition) is 6. The predicted molar refractivity (Wildman–Crippen MR) is 150 cm³/mol. The first-order valence-corrected chi connectivity index (χ1v) is 13.9. The van der Waals surface area contributed by atoms with E-state index in [9.17, 15) is 22.8 Å². The number of nitrogens with one attached hydrogen (secondary N) is 1. The van der Waals surface area contributed by atoms with E-state index >= 15 is 0 Å². The van der Waals surface area contributed by atoms with Crippen molar-refractivity contribution in [1.82, 2.24) is 9.88 Å². The smallest absolute Gasteiger partial charge is 0.302 e. The second-order valence-corrected chi connectivity index (χ2v) is 11.4. The minimum absolute atomic E-state index is 0.0914. The Labute approximate surface area is 232 Å². The summed E-state index contributed by atoms with van der Waals surface area (Å²) in [5.74, 6) is -0.271. The molecule has 2 aromatic carbocycles. The molecule has 0 atom stereocenters. The van der Waals surface area contributed by atoms with E-state index in [1.165, 1.54) is 29.2 Å². The van der Waals surface area contributed by atoms with Crippen LogP contribution < -0.4 is 5.32 Å². The normalized spacial score (nSPS) is 14.9. The number of anilines is 1. The Balaban J connectivity index is 1.18. The lowest BCUT2D eigenvalue weighted by atomic mass is 10.1. The average molecular weight is 576 g/mol. The van der Waals surface area contributed by atoms with Crippen LogP contribution in [-0.4, -0.2) is 32.6 Å². The number of thiocarbonyl (C=S) groups is 1. The summed E-state index contributed by atoms with van der Waals surface area (Å²) in [6.45, 7) is 0.504. The Hall–Kier alpha value is -3.02. The quantitative estimate of drug-likeness (QED) is 0.158. The van der Waals surface area contributed by atoms with Crippen LogP contribution in [0.4, 0.5) is 18.3 Å². The maximum atomic E-state index is 12.9. The van der Waals surface area contributed by atoms with E-state index in [0.29, 0.717) is 45.7 Å². The molecule has 198 valence electrons. The van der Waals surface area contributed by atoms with E-state index in [-0.39, 0.29) is 11.8 Å². The van der Waals surface area contributed by atoms with Crippen molar-refractivity contribution in [2.45, 2.75) is 38.3 Å². The van der Waals surface area contributed by atoms with Gasteiger partial charge in [-0.1, -0.05) is 78.9 Å². The summed E-state index contributed by atoms with van der Waals surface area (Å²) in [5.41, 5.74) is 0.784. The molecule has 1 aliphatic heterocycles. The molecular weight excluding hydrogens is 552 g/mol. The number of thioether (sulfide) groups is 1. The number of benzene rings is 2. The summed E-state index contributed by atoms with van der Waals surface area (Å²) in [4.78, 5) is 32.2. The number of aromatic nitrogens is 1. The van der Waals surface area contributed by atoms with Crippen molar-refractivity contribution in [3.8, 4) is 0 Å². The van der Waals surface area contributed by atoms with Crippen molar-refractivity contribution in [3.05, 3.63) is 87.3 Å². The highest BCUT2D eigenvalue weighted by Gasteiger charge is 2.31. The van der Waals surface area contributed by atoms with Crippen LogP contribution in [0.3, 0.4) is 0 Å². The fraction of sp³-hybridized carbons (Fsp3) is 0.259. The van der Waals surface area contributed by atoms with Gasteiger partial charge in [-0.2, -0.15) is 13.2 Å². The number of halogens is 3. The molecule has 4 rings (SSSR count). The number of nitrogens with zero attached hydrogens (tertiary/aromatic N) is 2. The highest BCUT2D eigenvalue weighted by Crippen LogP contribution is 2.33. The molecule has 0 bridgehead atoms. The molecule has 1 N–H and O–H groups in total. The van der Waals surface area contributed by atoms with Crippen LogP contribution in [0.15, 0.2) is 65.7 Å². The fourth-order valence-electron chi connectivity index (χ4n) is 3.81. The Bertz CT molecular complexity index is 1340. The molecule has 38 heavy (non-hydrogen) atoms. The lowest BCUT2D eigenvalue weighted by molar-refractivity contribution is -0.137. The molecule has 1 fully saturated rings. The first-order valence-electron chi connectivity index (χ1n) is 11.9. The number of thiazole rings is 1. The van der Waals surface area contributed by atoms with Crippen LogP contribution >= 0.6 is 35.3 Å². The fourth-order valence-corrected chi connectivity index (χ4v) is 5.98. The van der Waals surface area contributed by atoms with Gasteiger partial charge in [-0.25, -0.2) is 4.98 Å². The van der Waals surface area contributed by atoms with Gasteiger partial charge in [-0.15, -0.1) is 11.3 Å². The topological polar surface area (TPSA) is 62.3 Å². The zero-order valence-electron chi connectivity index (χ0n) is 20.2. The largest absolute Gasteiger partial charge is 0.416 e. The highest BCUT2D eigenvalue weighted by molar-refractivity contribution is 8.26. The van der Waals surface area contributed by atoms with Crippen LogP contribution in [0.2, 0.25) is 0 Å². The maximum Gasteiger partial charge on any atom is 0.416 e. The Morgan fingerprint density at radius 3 is 2.63 bits per heavy atom. The number of alkyl halides is 3. The molecule has 2 heterocycles. The molecule has 0 spiro atoms. The summed E-state index contributed by atoms with van der Waals surface area (Å²) in [7, 11) is 0. The van der Waals surface area contributed by atoms with Crippen molar-refractivity contribution in [2.24, 2.45) is 0 Å². The van der Waals surface area contributed by atoms with Crippen molar-refractivity contribution < 1.29 is 22.8 Å². The number of amides is 2. The van der Waals surface area contributed by atoms with Gasteiger partial charge in [0.15, 0.2) is 5.13 Å². The van der Waals surface area contributed by atoms with Gasteiger partial charge in [0.2, 0.25) is 5.91 Å². The molecule has 2 amide bonds. The second-order valence-electron chi connectivity index (χ2n) is 8.61. The van der Waals surface area contributed by atoms with Crippen molar-refractivity contribution >= 4 is 62.7 Å². The second kappa shape index (κ2) is 12.7. The van der Waals surface area contributed by atoms with Crippen LogP contribution in [0.1, 0.15) is 47.3 Å². The Morgan fingerprint density at radius 1 is 1.08 bits per heavy atom. The molecule has 0 radical (unpaired) electrons. The van der Waals surface area contributed by atoms with Gasteiger partial charge in [0.1, 0.15) is 4.32 Å². The monoisotopic (exact) mass is 575 g/mol. The molecule has 1 aromatic heterocycles. The van der Waals surface area contributed by atoms with Crippen LogP contribution in [-0.2, 0) is 22.2 Å². The lowest BCUT2D eigenvalue weighted by Crippen LogP contribution is -2.29. The van der Waals surface area contributed by atoms with Gasteiger partial charge in [0.05, 0.1) is 10.5 Å². The van der Waals surface area contributed by atoms with E-state index in [4.69, 9.17) is 12.2 Å². The third kappa shape index (κ3) is 7.75. The van der Waals surface area contributed by atoms with Gasteiger partial charge in [-0.3, -0.25) is 14.5 Å². The third-order valence-electron chi connectivity index (χ3n) is 5.69. The molecule has 5 nitrogen and oxygen atoms in total. The number of rotatable bonds is 10. The number of hydrogen-bond donors (Lipinski definition) is 1. The lowest BCUT2D eigenvalue weighted by Gasteiger charge is -2.14. The third-order valence-corrected chi connectivity index (χ3v) is 7.98. The van der Waals surface area contributed by atoms with E-state index in [0.717, 1.165) is 35.4 Å². The number of carbonyl (C=O) groups is 2. The molecule has 0 aliphatic carbocycles. The number of carbonyl (C=O) groups excluding carboxylic acids is 2. The Kier molecular flexibility index (Phi) is 9.35. The summed E-state index contributed by atoms with van der Waals surface area (Å²) in [6, 6.07) is 14.8. The molecular formula is C27H24F3N3O2S3. The van der Waals surface area contributed by atoms with Gasteiger partial charge in [0.25, 0.3) is 5.91 Å². The maximum absolute atomic E-state index is 12.9. The van der Waals surface area contributed by atoms with Crippen LogP contribution in [0.5, 0.6) is 0 Å². The first-order chi connectivity index (χ1) is 18.2. The van der Waals surface area contributed by atoms with E-state index < -0.39 is 11.7 Å². The zero-order chi connectivity index (χ0) is 27.1. The summed E-state index contributed by atoms with van der Waals surface area (Å²) in [6.07, 6.45) is 1.73. The van der Waals surface area contributed by atoms with Gasteiger partial charge in [0, 0.05) is 30.5 Å². The van der Waals surface area contributed by atoms with Gasteiger partial charge >= 0.3 is 6.18 Å². The molecule has 0 unspecified atom stereocenters. The van der Waals surface area contributed by atoms with E-state index in [1.807, 2.05) is 36.4 Å². The summed E-state index contributed by atoms with van der Waals surface area (Å²) >= 11 is 7.92. The minimum atomic E-state index is -4.39. The van der Waals surface area contributed by atoms with Gasteiger partial charge < -0.3 is 5.32 Å². The first kappa shape index (κ1) is 28.0. The van der Waals surface area contributed by atoms with E-state index in [2.05, 4.69) is 10.3 Å². The summed E-state index contributed by atoms with van der Waals surface area (Å²) in [5, 5.41) is 3.17. The molecule has 1 aliphatic rings. The van der Waals surface area contributed by atoms with Crippen molar-refractivity contribution in [3.63, 3.8) is 0 Å². The highest BCUT2D eigenvalue weighted by atomic mass is 32.2. The van der Waals surface area contributed by atoms with E-state index in [1.54, 1.807) is 17.2 Å². The van der Waals surface area contributed by atoms with Crippen LogP contribution in [0.25, 0.3) is 6.08 Å². The zero-order valence-corrected chi connectivity index (χ0v) is 22.6. The molecule has 0 saturated carbocycles. The standard InChI is InChI=1S/C27H24F3N3O2S3/c28-27(29,30)20-11-7-10-19(14-20)15-21-17-31-25(37-21)32-23(34)12-5-2-6-13-33-24(35)22(38-26(33)36)16-18-8-3-1-4-9-18/h1,3-4,7-11,14,16-17H,2,5-6,12-13,15H2,(H,31,32,34). The van der Waals surface area contributed by atoms with Gasteiger partial charge in [-0.05, 0) is 36.1 Å². The minimum Gasteiger partial charge on any atom is -0.302 e. The number of unbranched alkanes of at least 4 members (excludes halogenated alkanes) is 2. The Morgan fingerprint density at radius 2 is 1.87 bits per heavy atom.